The third kappa shape index (κ3) is 3.93. The molecule has 0 aliphatic rings. The minimum absolute atomic E-state index is 0.139. The first-order chi connectivity index (χ1) is 7.85. The van der Waals surface area contributed by atoms with Gasteiger partial charge in [-0.05, 0) is 46.2 Å². The minimum atomic E-state index is -0.248. The molecule has 0 saturated carbocycles. The molecule has 0 fully saturated rings. The Balaban J connectivity index is 2.71. The van der Waals surface area contributed by atoms with Gasteiger partial charge in [-0.3, -0.25) is 9.78 Å². The molecule has 0 bridgehead atoms. The van der Waals surface area contributed by atoms with Gasteiger partial charge < -0.3 is 4.74 Å². The van der Waals surface area contributed by atoms with Gasteiger partial charge in [0.05, 0.1) is 5.60 Å². The van der Waals surface area contributed by atoms with E-state index in [2.05, 4.69) is 4.98 Å². The van der Waals surface area contributed by atoms with Crippen LogP contribution in [0.2, 0.25) is 0 Å². The molecule has 0 amide bonds. The van der Waals surface area contributed by atoms with Gasteiger partial charge in [-0.2, -0.15) is 0 Å². The number of Topliss-reactive ketones (excluding diaryl/α,β-unsaturated/α-hetero) is 1. The van der Waals surface area contributed by atoms with Crippen LogP contribution in [0.4, 0.5) is 0 Å². The van der Waals surface area contributed by atoms with Crippen molar-refractivity contribution in [1.29, 1.82) is 0 Å². The van der Waals surface area contributed by atoms with Gasteiger partial charge in [0, 0.05) is 30.5 Å². The lowest BCUT2D eigenvalue weighted by molar-refractivity contribution is 0.0141. The maximum atomic E-state index is 12.0. The minimum Gasteiger partial charge on any atom is -0.379 e. The van der Waals surface area contributed by atoms with E-state index >= 15 is 0 Å². The monoisotopic (exact) mass is 235 g/mol. The SMILES string of the molecule is COC(C)(C)CCC(=O)c1ccc(C)nc1C. The molecule has 3 nitrogen and oxygen atoms in total. The molecule has 94 valence electrons. The number of carbonyl (C=O) groups excluding carboxylic acids is 1. The van der Waals surface area contributed by atoms with Gasteiger partial charge in [0.2, 0.25) is 0 Å². The summed E-state index contributed by atoms with van der Waals surface area (Å²) in [4.78, 5) is 16.4. The number of ketones is 1. The fourth-order valence-electron chi connectivity index (χ4n) is 1.63. The molecular weight excluding hydrogens is 214 g/mol. The average Bonchev–Trinajstić information content (AvgIpc) is 2.26. The number of aryl methyl sites for hydroxylation is 2. The largest absolute Gasteiger partial charge is 0.379 e. The van der Waals surface area contributed by atoms with Crippen LogP contribution in [0.5, 0.6) is 0 Å². The van der Waals surface area contributed by atoms with Crippen LogP contribution in [0.15, 0.2) is 12.1 Å². The van der Waals surface area contributed by atoms with Gasteiger partial charge in [0.15, 0.2) is 5.78 Å². The summed E-state index contributed by atoms with van der Waals surface area (Å²) in [6.07, 6.45) is 1.21. The highest BCUT2D eigenvalue weighted by Crippen LogP contribution is 2.18. The zero-order chi connectivity index (χ0) is 13.1. The van der Waals surface area contributed by atoms with E-state index < -0.39 is 0 Å². The fourth-order valence-corrected chi connectivity index (χ4v) is 1.63. The van der Waals surface area contributed by atoms with Crippen molar-refractivity contribution in [1.82, 2.24) is 4.98 Å². The number of pyridine rings is 1. The number of rotatable bonds is 5. The molecule has 0 unspecified atom stereocenters. The van der Waals surface area contributed by atoms with Crippen LogP contribution in [0.25, 0.3) is 0 Å². The van der Waals surface area contributed by atoms with Crippen LogP contribution in [-0.2, 0) is 4.74 Å². The fraction of sp³-hybridized carbons (Fsp3) is 0.571. The van der Waals surface area contributed by atoms with Crippen molar-refractivity contribution >= 4 is 5.78 Å². The molecule has 1 aromatic rings. The number of methoxy groups -OCH3 is 1. The van der Waals surface area contributed by atoms with Crippen LogP contribution in [-0.4, -0.2) is 23.5 Å². The number of nitrogens with zero attached hydrogens (tertiary/aromatic N) is 1. The van der Waals surface area contributed by atoms with Gasteiger partial charge >= 0.3 is 0 Å². The highest BCUT2D eigenvalue weighted by Gasteiger charge is 2.19. The van der Waals surface area contributed by atoms with Gasteiger partial charge in [-0.1, -0.05) is 0 Å². The molecule has 0 N–H and O–H groups in total. The first-order valence-electron chi connectivity index (χ1n) is 5.88. The zero-order valence-corrected chi connectivity index (χ0v) is 11.3. The molecule has 0 saturated heterocycles. The van der Waals surface area contributed by atoms with Crippen LogP contribution in [0, 0.1) is 13.8 Å². The molecular formula is C14H21NO2. The average molecular weight is 235 g/mol. The number of hydrogen-bond donors (Lipinski definition) is 0. The van der Waals surface area contributed by atoms with E-state index in [1.165, 1.54) is 0 Å². The topological polar surface area (TPSA) is 39.2 Å². The van der Waals surface area contributed by atoms with E-state index in [-0.39, 0.29) is 11.4 Å². The van der Waals surface area contributed by atoms with Gasteiger partial charge in [-0.25, -0.2) is 0 Å². The van der Waals surface area contributed by atoms with Crippen molar-refractivity contribution < 1.29 is 9.53 Å². The van der Waals surface area contributed by atoms with Crippen LogP contribution >= 0.6 is 0 Å². The summed E-state index contributed by atoms with van der Waals surface area (Å²) in [5.74, 6) is 0.139. The van der Waals surface area contributed by atoms with Crippen LogP contribution in [0.1, 0.15) is 48.4 Å². The molecule has 0 aliphatic carbocycles. The molecule has 0 spiro atoms. The van der Waals surface area contributed by atoms with Gasteiger partial charge in [0.1, 0.15) is 0 Å². The lowest BCUT2D eigenvalue weighted by atomic mass is 9.97. The van der Waals surface area contributed by atoms with Crippen LogP contribution in [0.3, 0.4) is 0 Å². The van der Waals surface area contributed by atoms with E-state index in [1.54, 1.807) is 7.11 Å². The third-order valence-electron chi connectivity index (χ3n) is 3.03. The normalized spacial score (nSPS) is 11.6. The Morgan fingerprint density at radius 1 is 1.35 bits per heavy atom. The number of aromatic nitrogens is 1. The first-order valence-corrected chi connectivity index (χ1v) is 5.88. The molecule has 17 heavy (non-hydrogen) atoms. The quantitative estimate of drug-likeness (QED) is 0.736. The Bertz CT molecular complexity index is 411. The van der Waals surface area contributed by atoms with Crippen molar-refractivity contribution in [3.8, 4) is 0 Å². The molecule has 1 rings (SSSR count). The van der Waals surface area contributed by atoms with Crippen molar-refractivity contribution in [2.45, 2.75) is 46.1 Å². The van der Waals surface area contributed by atoms with E-state index in [1.807, 2.05) is 39.8 Å². The van der Waals surface area contributed by atoms with E-state index in [0.29, 0.717) is 6.42 Å². The summed E-state index contributed by atoms with van der Waals surface area (Å²) < 4.78 is 5.31. The second kappa shape index (κ2) is 5.41. The zero-order valence-electron chi connectivity index (χ0n) is 11.3. The Hall–Kier alpha value is -1.22. The smallest absolute Gasteiger partial charge is 0.164 e. The Morgan fingerprint density at radius 3 is 2.53 bits per heavy atom. The van der Waals surface area contributed by atoms with Crippen molar-refractivity contribution in [3.63, 3.8) is 0 Å². The van der Waals surface area contributed by atoms with E-state index in [4.69, 9.17) is 4.74 Å². The predicted molar refractivity (Wildman–Crippen MR) is 68.4 cm³/mol. The number of carbonyl (C=O) groups is 1. The van der Waals surface area contributed by atoms with E-state index in [9.17, 15) is 4.79 Å². The summed E-state index contributed by atoms with van der Waals surface area (Å²) in [6.45, 7) is 7.78. The lowest BCUT2D eigenvalue weighted by Gasteiger charge is -2.22. The highest BCUT2D eigenvalue weighted by molar-refractivity contribution is 5.97. The summed E-state index contributed by atoms with van der Waals surface area (Å²) in [5.41, 5.74) is 2.23. The maximum absolute atomic E-state index is 12.0. The van der Waals surface area contributed by atoms with Gasteiger partial charge in [-0.15, -0.1) is 0 Å². The standard InChI is InChI=1S/C14H21NO2/c1-10-6-7-12(11(2)15-10)13(16)8-9-14(3,4)17-5/h6-7H,8-9H2,1-5H3. The maximum Gasteiger partial charge on any atom is 0.164 e. The summed E-state index contributed by atoms with van der Waals surface area (Å²) in [5, 5.41) is 0. The van der Waals surface area contributed by atoms with Crippen molar-refractivity contribution in [3.05, 3.63) is 29.1 Å². The summed E-state index contributed by atoms with van der Waals surface area (Å²) >= 11 is 0. The summed E-state index contributed by atoms with van der Waals surface area (Å²) in [7, 11) is 1.67. The molecule has 0 atom stereocenters. The predicted octanol–water partition coefficient (Wildman–Crippen LogP) is 3.09. The summed E-state index contributed by atoms with van der Waals surface area (Å²) in [6, 6.07) is 3.74. The molecule has 1 aromatic heterocycles. The highest BCUT2D eigenvalue weighted by atomic mass is 16.5. The van der Waals surface area contributed by atoms with E-state index in [0.717, 1.165) is 23.4 Å². The number of ether oxygens (including phenoxy) is 1. The van der Waals surface area contributed by atoms with Crippen molar-refractivity contribution in [2.24, 2.45) is 0 Å². The van der Waals surface area contributed by atoms with Crippen molar-refractivity contribution in [2.75, 3.05) is 7.11 Å². The second-order valence-corrected chi connectivity index (χ2v) is 4.97. The van der Waals surface area contributed by atoms with Crippen LogP contribution < -0.4 is 0 Å². The molecule has 0 aromatic carbocycles. The molecule has 0 radical (unpaired) electrons. The Labute approximate surface area is 103 Å². The third-order valence-corrected chi connectivity index (χ3v) is 3.03. The Morgan fingerprint density at radius 2 is 2.00 bits per heavy atom. The Kier molecular flexibility index (Phi) is 4.40. The van der Waals surface area contributed by atoms with Gasteiger partial charge in [0.25, 0.3) is 0 Å². The first kappa shape index (κ1) is 13.8. The second-order valence-electron chi connectivity index (χ2n) is 4.97. The molecule has 0 aliphatic heterocycles. The molecule has 1 heterocycles. The molecule has 3 heteroatoms. The number of hydrogen-bond acceptors (Lipinski definition) is 3. The lowest BCUT2D eigenvalue weighted by Crippen LogP contribution is -2.23.